The molecule has 3 aromatic rings. The van der Waals surface area contributed by atoms with Gasteiger partial charge in [-0.1, -0.05) is 70.5 Å². The van der Waals surface area contributed by atoms with Crippen molar-refractivity contribution >= 4 is 44.4 Å². The Morgan fingerprint density at radius 2 is 1.89 bits per heavy atom. The molecule has 8 heteroatoms. The number of carboxylic acid groups (broad SMARTS) is 1. The molecule has 1 amide bonds. The summed E-state index contributed by atoms with van der Waals surface area (Å²) in [5.74, 6) is -2.39. The lowest BCUT2D eigenvalue weighted by atomic mass is 9.81. The van der Waals surface area contributed by atoms with Gasteiger partial charge in [0.25, 0.3) is 5.91 Å². The number of oxime groups is 1. The van der Waals surface area contributed by atoms with Gasteiger partial charge >= 0.3 is 5.97 Å². The molecule has 1 heterocycles. The zero-order valence-corrected chi connectivity index (χ0v) is 22.2. The number of hydrogen-bond acceptors (Lipinski definition) is 5. The van der Waals surface area contributed by atoms with Crippen LogP contribution >= 0.6 is 15.9 Å². The molecule has 0 aliphatic heterocycles. The number of rotatable bonds is 6. The standard InChI is InChI=1S/C29H28BrN3O4/c1-16-21(29(35)36)12-14-24(27(16)33-37-20-9-6-10-20)32-28(34)25-17(2)26(18-7-4-3-5-8-18)31-23-13-11-19(30)15-22(23)25/h3-5,7-8,11-16,20-21,24H,6,9-10H2,1-2H3,(H,32,34)(H,35,36)/b33-27+. The minimum atomic E-state index is -0.932. The molecule has 2 aromatic carbocycles. The van der Waals surface area contributed by atoms with Crippen LogP contribution in [0.25, 0.3) is 22.2 Å². The van der Waals surface area contributed by atoms with Gasteiger partial charge in [-0.15, -0.1) is 0 Å². The normalized spacial score (nSPS) is 22.6. The summed E-state index contributed by atoms with van der Waals surface area (Å²) in [7, 11) is 0. The fraction of sp³-hybridized carbons (Fsp3) is 0.310. The number of fused-ring (bicyclic) bond motifs is 1. The number of nitrogens with one attached hydrogen (secondary N) is 1. The fourth-order valence-corrected chi connectivity index (χ4v) is 5.21. The van der Waals surface area contributed by atoms with E-state index in [-0.39, 0.29) is 12.0 Å². The van der Waals surface area contributed by atoms with Gasteiger partial charge in [-0.25, -0.2) is 4.98 Å². The van der Waals surface area contributed by atoms with Crippen LogP contribution in [0.4, 0.5) is 0 Å². The molecular weight excluding hydrogens is 534 g/mol. The Bertz CT molecular complexity index is 1420. The van der Waals surface area contributed by atoms with E-state index < -0.39 is 23.8 Å². The van der Waals surface area contributed by atoms with Gasteiger partial charge in [0.1, 0.15) is 6.10 Å². The maximum atomic E-state index is 13.9. The number of carboxylic acids is 1. The number of halogens is 1. The molecule has 5 rings (SSSR count). The van der Waals surface area contributed by atoms with Crippen molar-refractivity contribution in [3.63, 3.8) is 0 Å². The van der Waals surface area contributed by atoms with E-state index in [9.17, 15) is 14.7 Å². The molecule has 1 aromatic heterocycles. The van der Waals surface area contributed by atoms with E-state index in [1.54, 1.807) is 12.2 Å². The lowest BCUT2D eigenvalue weighted by Crippen LogP contribution is -2.47. The molecule has 1 saturated carbocycles. The van der Waals surface area contributed by atoms with Gasteiger partial charge in [-0.3, -0.25) is 9.59 Å². The van der Waals surface area contributed by atoms with E-state index in [1.165, 1.54) is 0 Å². The number of pyridine rings is 1. The van der Waals surface area contributed by atoms with Crippen LogP contribution < -0.4 is 5.32 Å². The first-order valence-corrected chi connectivity index (χ1v) is 13.2. The molecule has 3 atom stereocenters. The zero-order valence-electron chi connectivity index (χ0n) is 20.6. The van der Waals surface area contributed by atoms with Crippen LogP contribution in [0.3, 0.4) is 0 Å². The third-order valence-corrected chi connectivity index (χ3v) is 7.72. The van der Waals surface area contributed by atoms with E-state index in [0.29, 0.717) is 16.8 Å². The zero-order chi connectivity index (χ0) is 26.1. The second kappa shape index (κ2) is 10.5. The van der Waals surface area contributed by atoms with Gasteiger partial charge in [0.15, 0.2) is 0 Å². The van der Waals surface area contributed by atoms with Crippen molar-refractivity contribution in [2.45, 2.75) is 45.3 Å². The first-order chi connectivity index (χ1) is 17.8. The summed E-state index contributed by atoms with van der Waals surface area (Å²) >= 11 is 3.52. The Morgan fingerprint density at radius 3 is 2.57 bits per heavy atom. The molecule has 190 valence electrons. The molecule has 2 aliphatic rings. The lowest BCUT2D eigenvalue weighted by Gasteiger charge is -2.31. The van der Waals surface area contributed by atoms with Gasteiger partial charge in [-0.05, 0) is 49.9 Å². The number of aromatic nitrogens is 1. The summed E-state index contributed by atoms with van der Waals surface area (Å²) in [6.45, 7) is 3.71. The van der Waals surface area contributed by atoms with E-state index in [2.05, 4.69) is 26.4 Å². The third kappa shape index (κ3) is 5.03. The number of benzene rings is 2. The van der Waals surface area contributed by atoms with Gasteiger partial charge in [0.2, 0.25) is 0 Å². The summed E-state index contributed by atoms with van der Waals surface area (Å²) in [5.41, 5.74) is 4.15. The van der Waals surface area contributed by atoms with Crippen molar-refractivity contribution < 1.29 is 19.5 Å². The summed E-state index contributed by atoms with van der Waals surface area (Å²) in [6.07, 6.45) is 6.33. The largest absolute Gasteiger partial charge is 0.481 e. The number of hydrogen-bond donors (Lipinski definition) is 2. The molecule has 2 N–H and O–H groups in total. The van der Waals surface area contributed by atoms with Crippen LogP contribution in [0.1, 0.15) is 42.1 Å². The average Bonchev–Trinajstić information content (AvgIpc) is 2.84. The first-order valence-electron chi connectivity index (χ1n) is 12.4. The van der Waals surface area contributed by atoms with Crippen molar-refractivity contribution in [1.82, 2.24) is 10.3 Å². The molecule has 1 fully saturated rings. The second-order valence-corrected chi connectivity index (χ2v) is 10.6. The molecular formula is C29H28BrN3O4. The van der Waals surface area contributed by atoms with Gasteiger partial charge in [0.05, 0.1) is 34.4 Å². The minimum absolute atomic E-state index is 0.0439. The first kappa shape index (κ1) is 25.1. The second-order valence-electron chi connectivity index (χ2n) is 9.65. The average molecular weight is 562 g/mol. The topological polar surface area (TPSA) is 101 Å². The summed E-state index contributed by atoms with van der Waals surface area (Å²) in [6, 6.07) is 14.9. The van der Waals surface area contributed by atoms with Crippen LogP contribution in [-0.4, -0.2) is 39.8 Å². The van der Waals surface area contributed by atoms with Gasteiger partial charge in [0, 0.05) is 21.3 Å². The van der Waals surface area contributed by atoms with Crippen molar-refractivity contribution in [2.24, 2.45) is 17.0 Å². The Balaban J connectivity index is 1.55. The summed E-state index contributed by atoms with van der Waals surface area (Å²) in [4.78, 5) is 36.3. The van der Waals surface area contributed by atoms with Crippen molar-refractivity contribution in [2.75, 3.05) is 0 Å². The maximum absolute atomic E-state index is 13.9. The van der Waals surface area contributed by atoms with Crippen LogP contribution in [0.2, 0.25) is 0 Å². The Morgan fingerprint density at radius 1 is 1.14 bits per heavy atom. The number of carbonyl (C=O) groups excluding carboxylic acids is 1. The highest BCUT2D eigenvalue weighted by atomic mass is 79.9. The molecule has 0 saturated heterocycles. The third-order valence-electron chi connectivity index (χ3n) is 7.23. The Labute approximate surface area is 223 Å². The Hall–Kier alpha value is -3.52. The van der Waals surface area contributed by atoms with Crippen molar-refractivity contribution in [3.05, 3.63) is 76.3 Å². The van der Waals surface area contributed by atoms with Crippen molar-refractivity contribution in [1.29, 1.82) is 0 Å². The van der Waals surface area contributed by atoms with E-state index in [0.717, 1.165) is 45.9 Å². The van der Waals surface area contributed by atoms with Crippen molar-refractivity contribution in [3.8, 4) is 11.3 Å². The fourth-order valence-electron chi connectivity index (χ4n) is 4.85. The SMILES string of the molecule is Cc1c(-c2ccccc2)nc2ccc(Br)cc2c1C(=O)NC1C=CC(C(=O)O)C(C)/C1=N\OC1CCC1. The van der Waals surface area contributed by atoms with Crippen LogP contribution in [0.5, 0.6) is 0 Å². The monoisotopic (exact) mass is 561 g/mol. The number of carbonyl (C=O) groups is 2. The highest BCUT2D eigenvalue weighted by Gasteiger charge is 2.36. The number of aliphatic carboxylic acids is 1. The quantitative estimate of drug-likeness (QED) is 0.288. The summed E-state index contributed by atoms with van der Waals surface area (Å²) in [5, 5.41) is 17.9. The van der Waals surface area contributed by atoms with Crippen LogP contribution in [0, 0.1) is 18.8 Å². The van der Waals surface area contributed by atoms with E-state index >= 15 is 0 Å². The molecule has 3 unspecified atom stereocenters. The van der Waals surface area contributed by atoms with Gasteiger partial charge < -0.3 is 15.3 Å². The number of amides is 1. The number of nitrogens with zero attached hydrogens (tertiary/aromatic N) is 2. The van der Waals surface area contributed by atoms with Crippen LogP contribution in [0.15, 0.2) is 70.3 Å². The van der Waals surface area contributed by atoms with Gasteiger partial charge in [-0.2, -0.15) is 0 Å². The molecule has 2 aliphatic carbocycles. The van der Waals surface area contributed by atoms with E-state index in [4.69, 9.17) is 9.82 Å². The van der Waals surface area contributed by atoms with E-state index in [1.807, 2.05) is 62.4 Å². The Kier molecular flexibility index (Phi) is 7.11. The highest BCUT2D eigenvalue weighted by Crippen LogP contribution is 2.32. The van der Waals surface area contributed by atoms with Crippen LogP contribution in [-0.2, 0) is 9.63 Å². The molecule has 7 nitrogen and oxygen atoms in total. The molecule has 0 radical (unpaired) electrons. The molecule has 0 bridgehead atoms. The molecule has 0 spiro atoms. The molecule has 37 heavy (non-hydrogen) atoms. The predicted octanol–water partition coefficient (Wildman–Crippen LogP) is 5.90. The maximum Gasteiger partial charge on any atom is 0.311 e. The summed E-state index contributed by atoms with van der Waals surface area (Å²) < 4.78 is 0.842. The highest BCUT2D eigenvalue weighted by molar-refractivity contribution is 9.10. The predicted molar refractivity (Wildman–Crippen MR) is 146 cm³/mol. The lowest BCUT2D eigenvalue weighted by molar-refractivity contribution is -0.140. The smallest absolute Gasteiger partial charge is 0.311 e. The minimum Gasteiger partial charge on any atom is -0.481 e.